The molecule has 0 bridgehead atoms. The zero-order chi connectivity index (χ0) is 16.1. The maximum Gasteiger partial charge on any atom is 0.191 e. The van der Waals surface area contributed by atoms with Gasteiger partial charge in [0.25, 0.3) is 0 Å². The fraction of sp³-hybridized carbons (Fsp3) is 0.722. The Bertz CT molecular complexity index is 487. The molecule has 0 amide bonds. The minimum absolute atomic E-state index is 0.428. The lowest BCUT2D eigenvalue weighted by Crippen LogP contribution is -2.40. The molecular weight excluding hydrogens is 304 g/mol. The van der Waals surface area contributed by atoms with E-state index in [4.69, 9.17) is 4.99 Å². The van der Waals surface area contributed by atoms with Crippen molar-refractivity contribution in [2.45, 2.75) is 51.6 Å². The first-order valence-electron chi connectivity index (χ1n) is 9.08. The van der Waals surface area contributed by atoms with Crippen LogP contribution in [-0.4, -0.2) is 43.1 Å². The molecule has 1 aliphatic carbocycles. The van der Waals surface area contributed by atoms with Crippen molar-refractivity contribution in [1.82, 2.24) is 15.5 Å². The first-order chi connectivity index (χ1) is 11.3. The summed E-state index contributed by atoms with van der Waals surface area (Å²) in [5.41, 5.74) is 0. The molecule has 1 aliphatic heterocycles. The van der Waals surface area contributed by atoms with Crippen molar-refractivity contribution < 1.29 is 0 Å². The number of guanidine groups is 1. The van der Waals surface area contributed by atoms with Crippen LogP contribution >= 0.6 is 11.3 Å². The number of thiophene rings is 1. The molecule has 23 heavy (non-hydrogen) atoms. The van der Waals surface area contributed by atoms with E-state index in [0.29, 0.717) is 12.1 Å². The molecule has 1 saturated carbocycles. The monoisotopic (exact) mass is 334 g/mol. The zero-order valence-electron chi connectivity index (χ0n) is 14.4. The van der Waals surface area contributed by atoms with Crippen molar-refractivity contribution in [1.29, 1.82) is 0 Å². The van der Waals surface area contributed by atoms with Crippen LogP contribution in [0.4, 0.5) is 0 Å². The zero-order valence-corrected chi connectivity index (χ0v) is 15.2. The molecule has 5 heteroatoms. The molecule has 1 saturated heterocycles. The van der Waals surface area contributed by atoms with Gasteiger partial charge in [-0.15, -0.1) is 11.3 Å². The van der Waals surface area contributed by atoms with Gasteiger partial charge in [-0.3, -0.25) is 9.89 Å². The third-order valence-electron chi connectivity index (χ3n) is 4.82. The highest BCUT2D eigenvalue weighted by Crippen LogP contribution is 2.29. The molecule has 128 valence electrons. The van der Waals surface area contributed by atoms with Crippen molar-refractivity contribution in [3.63, 3.8) is 0 Å². The lowest BCUT2D eigenvalue weighted by molar-refractivity contribution is 0.143. The van der Waals surface area contributed by atoms with E-state index in [-0.39, 0.29) is 0 Å². The second-order valence-electron chi connectivity index (χ2n) is 6.89. The van der Waals surface area contributed by atoms with Gasteiger partial charge in [-0.2, -0.15) is 0 Å². The van der Waals surface area contributed by atoms with Crippen molar-refractivity contribution in [3.8, 4) is 0 Å². The van der Waals surface area contributed by atoms with Gasteiger partial charge in [0.2, 0.25) is 0 Å². The van der Waals surface area contributed by atoms with Crippen LogP contribution in [0.25, 0.3) is 0 Å². The van der Waals surface area contributed by atoms with Crippen LogP contribution in [0.2, 0.25) is 0 Å². The van der Waals surface area contributed by atoms with Crippen LogP contribution in [0, 0.1) is 5.92 Å². The summed E-state index contributed by atoms with van der Waals surface area (Å²) in [5.74, 6) is 1.86. The largest absolute Gasteiger partial charge is 0.357 e. The average molecular weight is 335 g/mol. The van der Waals surface area contributed by atoms with Crippen LogP contribution in [0.3, 0.4) is 0 Å². The summed E-state index contributed by atoms with van der Waals surface area (Å²) < 4.78 is 0. The number of hydrogen-bond acceptors (Lipinski definition) is 3. The number of piperidine rings is 1. The first-order valence-corrected chi connectivity index (χ1v) is 9.96. The van der Waals surface area contributed by atoms with Gasteiger partial charge in [0.15, 0.2) is 5.96 Å². The third-order valence-corrected chi connectivity index (χ3v) is 5.79. The molecule has 2 fully saturated rings. The maximum absolute atomic E-state index is 4.90. The van der Waals surface area contributed by atoms with Crippen molar-refractivity contribution >= 4 is 17.3 Å². The van der Waals surface area contributed by atoms with Crippen LogP contribution in [0.15, 0.2) is 22.5 Å². The molecule has 2 N–H and O–H groups in total. The van der Waals surface area contributed by atoms with Crippen molar-refractivity contribution in [2.75, 3.05) is 26.2 Å². The Balaban J connectivity index is 1.67. The van der Waals surface area contributed by atoms with Gasteiger partial charge in [0, 0.05) is 17.5 Å². The summed E-state index contributed by atoms with van der Waals surface area (Å²) in [6.45, 7) is 8.67. The molecule has 4 nitrogen and oxygen atoms in total. The molecule has 0 aromatic carbocycles. The fourth-order valence-electron chi connectivity index (χ4n) is 3.13. The smallest absolute Gasteiger partial charge is 0.191 e. The van der Waals surface area contributed by atoms with Gasteiger partial charge >= 0.3 is 0 Å². The first kappa shape index (κ1) is 16.8. The SMILES string of the molecule is CCNC(=NCC(c1cccs1)N1CCC(C)CC1)NC1CC1. The number of hydrogen-bond donors (Lipinski definition) is 2. The van der Waals surface area contributed by atoms with Crippen LogP contribution in [0.5, 0.6) is 0 Å². The highest BCUT2D eigenvalue weighted by atomic mass is 32.1. The Hall–Kier alpha value is -1.07. The molecule has 2 aliphatic rings. The maximum atomic E-state index is 4.90. The van der Waals surface area contributed by atoms with E-state index in [1.54, 1.807) is 0 Å². The third kappa shape index (κ3) is 4.95. The summed E-state index contributed by atoms with van der Waals surface area (Å²) in [7, 11) is 0. The summed E-state index contributed by atoms with van der Waals surface area (Å²) in [4.78, 5) is 8.99. The fourth-order valence-corrected chi connectivity index (χ4v) is 3.98. The van der Waals surface area contributed by atoms with E-state index in [9.17, 15) is 0 Å². The summed E-state index contributed by atoms with van der Waals surface area (Å²) >= 11 is 1.86. The molecule has 1 unspecified atom stereocenters. The molecule has 1 aromatic heterocycles. The lowest BCUT2D eigenvalue weighted by atomic mass is 9.97. The van der Waals surface area contributed by atoms with Gasteiger partial charge in [-0.1, -0.05) is 13.0 Å². The molecule has 0 spiro atoms. The predicted octanol–water partition coefficient (Wildman–Crippen LogP) is 3.24. The van der Waals surface area contributed by atoms with Gasteiger partial charge in [-0.05, 0) is 63.1 Å². The van der Waals surface area contributed by atoms with Crippen LogP contribution in [0.1, 0.15) is 50.4 Å². The molecule has 1 atom stereocenters. The molecule has 2 heterocycles. The quantitative estimate of drug-likeness (QED) is 0.620. The van der Waals surface area contributed by atoms with Gasteiger partial charge in [-0.25, -0.2) is 0 Å². The van der Waals surface area contributed by atoms with Gasteiger partial charge in [0.1, 0.15) is 0 Å². The van der Waals surface area contributed by atoms with Gasteiger partial charge < -0.3 is 10.6 Å². The predicted molar refractivity (Wildman–Crippen MR) is 99.2 cm³/mol. The number of likely N-dealkylation sites (tertiary alicyclic amines) is 1. The summed E-state index contributed by atoms with van der Waals surface area (Å²) in [5, 5.41) is 9.10. The van der Waals surface area contributed by atoms with Crippen LogP contribution in [-0.2, 0) is 0 Å². The molecular formula is C18H30N4S. The summed E-state index contributed by atoms with van der Waals surface area (Å²) in [6, 6.07) is 5.50. The lowest BCUT2D eigenvalue weighted by Gasteiger charge is -2.35. The van der Waals surface area contributed by atoms with E-state index >= 15 is 0 Å². The van der Waals surface area contributed by atoms with E-state index in [1.807, 2.05) is 11.3 Å². The van der Waals surface area contributed by atoms with Crippen molar-refractivity contribution in [2.24, 2.45) is 10.9 Å². The average Bonchev–Trinajstić information content (AvgIpc) is 3.20. The minimum atomic E-state index is 0.428. The van der Waals surface area contributed by atoms with E-state index < -0.39 is 0 Å². The Morgan fingerprint density at radius 3 is 2.74 bits per heavy atom. The van der Waals surface area contributed by atoms with Gasteiger partial charge in [0.05, 0.1) is 12.6 Å². The highest BCUT2D eigenvalue weighted by Gasteiger charge is 2.26. The Morgan fingerprint density at radius 2 is 2.13 bits per heavy atom. The van der Waals surface area contributed by atoms with E-state index in [2.05, 4.69) is 46.9 Å². The van der Waals surface area contributed by atoms with Crippen molar-refractivity contribution in [3.05, 3.63) is 22.4 Å². The highest BCUT2D eigenvalue weighted by molar-refractivity contribution is 7.10. The molecule has 3 rings (SSSR count). The Labute approximate surface area is 144 Å². The number of rotatable bonds is 6. The number of aliphatic imine (C=N–C) groups is 1. The second-order valence-corrected chi connectivity index (χ2v) is 7.87. The minimum Gasteiger partial charge on any atom is -0.357 e. The van der Waals surface area contributed by atoms with E-state index in [0.717, 1.165) is 25.0 Å². The van der Waals surface area contributed by atoms with E-state index in [1.165, 1.54) is 43.6 Å². The summed E-state index contributed by atoms with van der Waals surface area (Å²) in [6.07, 6.45) is 5.18. The standard InChI is InChI=1S/C18H30N4S/c1-3-19-18(21-15-6-7-15)20-13-16(17-5-4-12-23-17)22-10-8-14(2)9-11-22/h4-5,12,14-16H,3,6-11,13H2,1-2H3,(H2,19,20,21). The number of nitrogens with one attached hydrogen (secondary N) is 2. The second kappa shape index (κ2) is 8.15. The van der Waals surface area contributed by atoms with Crippen LogP contribution < -0.4 is 10.6 Å². The molecule has 0 radical (unpaired) electrons. The molecule has 1 aromatic rings. The number of nitrogens with zero attached hydrogens (tertiary/aromatic N) is 2. The Kier molecular flexibility index (Phi) is 5.95. The normalized spacial score (nSPS) is 22.1. The Morgan fingerprint density at radius 1 is 1.35 bits per heavy atom. The topological polar surface area (TPSA) is 39.7 Å².